The van der Waals surface area contributed by atoms with E-state index in [1.54, 1.807) is 38.1 Å². The van der Waals surface area contributed by atoms with E-state index in [4.69, 9.17) is 12.2 Å². The predicted octanol–water partition coefficient (Wildman–Crippen LogP) is 1.94. The first-order valence-corrected chi connectivity index (χ1v) is 12.5. The Kier molecular flexibility index (Phi) is 5.02. The fourth-order valence-corrected chi connectivity index (χ4v) is 11.2. The van der Waals surface area contributed by atoms with E-state index < -0.39 is 27.9 Å². The van der Waals surface area contributed by atoms with Gasteiger partial charge in [0.05, 0.1) is 11.0 Å². The smallest absolute Gasteiger partial charge is 0.228 e. The molecule has 0 amide bonds. The van der Waals surface area contributed by atoms with Crippen molar-refractivity contribution >= 4 is 39.5 Å². The van der Waals surface area contributed by atoms with E-state index in [0.717, 1.165) is 0 Å². The fraction of sp³-hybridized carbons (Fsp3) is 0.500. The lowest BCUT2D eigenvalue weighted by atomic mass is 10.1. The Balaban J connectivity index is 2.81. The molecule has 0 spiro atoms. The van der Waals surface area contributed by atoms with Gasteiger partial charge in [0.2, 0.25) is 8.87 Å². The van der Waals surface area contributed by atoms with Crippen molar-refractivity contribution in [2.75, 3.05) is 7.05 Å². The number of rotatable bonds is 5. The molecule has 140 valence electrons. The lowest BCUT2D eigenvalue weighted by Gasteiger charge is -2.42. The first kappa shape index (κ1) is 20.2. The zero-order chi connectivity index (χ0) is 19.1. The van der Waals surface area contributed by atoms with Gasteiger partial charge in [0.1, 0.15) is 18.8 Å². The Labute approximate surface area is 154 Å². The normalized spacial score (nSPS) is 19.2. The minimum atomic E-state index is -4.66. The molecule has 0 saturated carbocycles. The van der Waals surface area contributed by atoms with Crippen LogP contribution in [0.25, 0.3) is 0 Å². The van der Waals surface area contributed by atoms with Gasteiger partial charge in [-0.2, -0.15) is 0 Å². The van der Waals surface area contributed by atoms with Crippen molar-refractivity contribution in [3.8, 4) is 0 Å². The maximum Gasteiger partial charge on any atom is 0.228 e. The molecule has 9 heteroatoms. The van der Waals surface area contributed by atoms with Crippen LogP contribution >= 0.6 is 12.2 Å². The van der Waals surface area contributed by atoms with Crippen LogP contribution in [-0.2, 0) is 22.9 Å². The number of amidine groups is 1. The molecule has 2 rings (SSSR count). The maximum absolute atomic E-state index is 14.5. The van der Waals surface area contributed by atoms with Crippen LogP contribution in [-0.4, -0.2) is 40.6 Å². The summed E-state index contributed by atoms with van der Waals surface area (Å²) in [6.07, 6.45) is 0. The number of nitrogens with zero attached hydrogens (tertiary/aromatic N) is 1. The highest BCUT2D eigenvalue weighted by Crippen LogP contribution is 2.40. The van der Waals surface area contributed by atoms with Gasteiger partial charge in [-0.3, -0.25) is 0 Å². The first-order valence-electron chi connectivity index (χ1n) is 7.92. The van der Waals surface area contributed by atoms with Crippen LogP contribution in [0.1, 0.15) is 33.3 Å². The van der Waals surface area contributed by atoms with Gasteiger partial charge < -0.3 is 5.32 Å². The number of benzene rings is 1. The minimum absolute atomic E-state index is 0.0907. The molecule has 0 radical (unpaired) electrons. The Morgan fingerprint density at radius 1 is 1.28 bits per heavy atom. The summed E-state index contributed by atoms with van der Waals surface area (Å²) >= 11 is 5.28. The molecular weight excluding hydrogens is 378 g/mol. The summed E-state index contributed by atoms with van der Waals surface area (Å²) < 4.78 is 43.8. The molecule has 0 atom stereocenters. The maximum atomic E-state index is 14.5. The summed E-state index contributed by atoms with van der Waals surface area (Å²) in [5.74, 6) is -0.209. The highest BCUT2D eigenvalue weighted by atomic mass is 33.2. The molecule has 1 aromatic carbocycles. The van der Waals surface area contributed by atoms with Crippen LogP contribution in [0.4, 0.5) is 0 Å². The van der Waals surface area contributed by atoms with Crippen molar-refractivity contribution in [1.29, 1.82) is 0 Å². The van der Waals surface area contributed by atoms with Crippen molar-refractivity contribution in [2.45, 2.75) is 44.2 Å². The molecule has 1 aliphatic rings. The molecule has 0 aromatic heterocycles. The van der Waals surface area contributed by atoms with E-state index in [-0.39, 0.29) is 10.9 Å². The second-order valence-corrected chi connectivity index (χ2v) is 15.8. The summed E-state index contributed by atoms with van der Waals surface area (Å²) in [7, 11) is -7.38. The molecule has 1 heterocycles. The van der Waals surface area contributed by atoms with Crippen molar-refractivity contribution in [3.05, 3.63) is 35.9 Å². The Morgan fingerprint density at radius 3 is 2.24 bits per heavy atom. The topological polar surface area (TPSA) is 87.6 Å². The van der Waals surface area contributed by atoms with Gasteiger partial charge in [0, 0.05) is 0 Å². The van der Waals surface area contributed by atoms with Gasteiger partial charge >= 0.3 is 0 Å². The molecule has 1 aromatic rings. The van der Waals surface area contributed by atoms with E-state index in [0.29, 0.717) is 10.6 Å². The largest absolute Gasteiger partial charge is 0.325 e. The number of hydrogen-bond acceptors (Lipinski definition) is 5. The average Bonchev–Trinajstić information content (AvgIpc) is 2.82. The molecule has 25 heavy (non-hydrogen) atoms. The Bertz CT molecular complexity index is 890. The van der Waals surface area contributed by atoms with E-state index in [1.807, 2.05) is 6.07 Å². The van der Waals surface area contributed by atoms with Crippen molar-refractivity contribution in [1.82, 2.24) is 10.0 Å². The van der Waals surface area contributed by atoms with Gasteiger partial charge in [-0.05, 0) is 40.3 Å². The van der Waals surface area contributed by atoms with Crippen molar-refractivity contribution < 1.29 is 12.6 Å². The lowest BCUT2D eigenvalue weighted by Crippen LogP contribution is -2.63. The van der Waals surface area contributed by atoms with Gasteiger partial charge in [0.25, 0.3) is 0 Å². The molecule has 0 bridgehead atoms. The monoisotopic (exact) mass is 403 g/mol. The third kappa shape index (κ3) is 2.97. The van der Waals surface area contributed by atoms with Gasteiger partial charge in [-0.1, -0.05) is 42.5 Å². The van der Waals surface area contributed by atoms with Gasteiger partial charge in [0.15, 0.2) is 5.17 Å². The van der Waals surface area contributed by atoms with Crippen molar-refractivity contribution in [3.63, 3.8) is 0 Å². The van der Waals surface area contributed by atoms with Gasteiger partial charge in [-0.15, -0.1) is 0 Å². The van der Waals surface area contributed by atoms with E-state index in [1.165, 1.54) is 20.9 Å². The van der Waals surface area contributed by atoms with E-state index in [9.17, 15) is 12.6 Å². The number of thiocarbonyl (C=S) groups is 1. The van der Waals surface area contributed by atoms with E-state index >= 15 is 0 Å². The van der Waals surface area contributed by atoms with E-state index in [2.05, 4.69) is 15.0 Å². The second kappa shape index (κ2) is 6.22. The molecule has 0 unspecified atom stereocenters. The first-order chi connectivity index (χ1) is 11.4. The second-order valence-electron chi connectivity index (χ2n) is 6.83. The third-order valence-electron chi connectivity index (χ3n) is 4.30. The summed E-state index contributed by atoms with van der Waals surface area (Å²) in [6.45, 7) is 6.55. The number of nitrogens with one attached hydrogen (secondary N) is 2. The van der Waals surface area contributed by atoms with Crippen LogP contribution in [0.2, 0.25) is 0 Å². The summed E-state index contributed by atoms with van der Waals surface area (Å²) in [5.41, 5.74) is -0.176. The molecule has 0 saturated heterocycles. The highest BCUT2D eigenvalue weighted by molar-refractivity contribution is 8.86. The van der Waals surface area contributed by atoms with Crippen LogP contribution in [0.15, 0.2) is 35.3 Å². The molecule has 0 fully saturated rings. The quantitative estimate of drug-likeness (QED) is 0.579. The Morgan fingerprint density at radius 2 is 1.84 bits per heavy atom. The molecular formula is C16H25N3O3S3. The standard InChI is InChI=1S/C16H25N3O3S3/c1-12(2)24(20,21)25(22,17-5,11-13-9-7-6-8-10-13)15-18-14(23)16(3,4)19-15/h6-10,12H,11H2,1-5H3,(H,17,22)(H,18,19,23). The SMILES string of the molecule is CNS(=O)(Cc1ccccc1)(C1=NC(C)(C)C(=S)N1)S(=O)(=O)C(C)C. The summed E-state index contributed by atoms with van der Waals surface area (Å²) in [5, 5.41) is 1.89. The lowest BCUT2D eigenvalue weighted by molar-refractivity contribution is 0.593. The van der Waals surface area contributed by atoms with Gasteiger partial charge in [-0.25, -0.2) is 22.3 Å². The Hall–Kier alpha value is -1.16. The van der Waals surface area contributed by atoms with Crippen LogP contribution in [0.3, 0.4) is 0 Å². The zero-order valence-corrected chi connectivity index (χ0v) is 17.5. The molecule has 2 N–H and O–H groups in total. The predicted molar refractivity (Wildman–Crippen MR) is 109 cm³/mol. The molecule has 6 nitrogen and oxygen atoms in total. The summed E-state index contributed by atoms with van der Waals surface area (Å²) in [6, 6.07) is 8.88. The zero-order valence-electron chi connectivity index (χ0n) is 15.1. The minimum Gasteiger partial charge on any atom is -0.325 e. The average molecular weight is 404 g/mol. The molecule has 0 aliphatic carbocycles. The van der Waals surface area contributed by atoms with Crippen LogP contribution < -0.4 is 10.0 Å². The highest BCUT2D eigenvalue weighted by Gasteiger charge is 2.57. The van der Waals surface area contributed by atoms with Crippen LogP contribution in [0.5, 0.6) is 0 Å². The summed E-state index contributed by atoms with van der Waals surface area (Å²) in [4.78, 5) is 4.77. The number of hydrogen-bond donors (Lipinski definition) is 2. The van der Waals surface area contributed by atoms with Crippen molar-refractivity contribution in [2.24, 2.45) is 4.99 Å². The molecule has 1 aliphatic heterocycles. The van der Waals surface area contributed by atoms with Crippen LogP contribution in [0, 0.1) is 0 Å². The third-order valence-corrected chi connectivity index (χ3v) is 15.1. The number of aliphatic imine (C=N–C) groups is 1. The fourth-order valence-electron chi connectivity index (χ4n) is 2.61.